The maximum atomic E-state index is 13.8. The van der Waals surface area contributed by atoms with Crippen molar-refractivity contribution in [2.24, 2.45) is 0 Å². The lowest BCUT2D eigenvalue weighted by Gasteiger charge is -2.31. The first-order valence-corrected chi connectivity index (χ1v) is 7.37. The fourth-order valence-corrected chi connectivity index (χ4v) is 2.67. The fourth-order valence-electron chi connectivity index (χ4n) is 2.67. The van der Waals surface area contributed by atoms with Crippen LogP contribution in [0.2, 0.25) is 0 Å². The maximum absolute atomic E-state index is 13.8. The van der Waals surface area contributed by atoms with Crippen molar-refractivity contribution in [3.8, 4) is 0 Å². The van der Waals surface area contributed by atoms with E-state index in [1.807, 2.05) is 11.8 Å². The number of rotatable bonds is 2. The summed E-state index contributed by atoms with van der Waals surface area (Å²) in [4.78, 5) is 16.0. The molecule has 4 heteroatoms. The normalized spacial score (nSPS) is 17.4. The van der Waals surface area contributed by atoms with Crippen LogP contribution in [0.4, 0.5) is 9.18 Å². The van der Waals surface area contributed by atoms with Gasteiger partial charge in [-0.2, -0.15) is 0 Å². The van der Waals surface area contributed by atoms with Crippen molar-refractivity contribution in [3.63, 3.8) is 0 Å². The zero-order valence-corrected chi connectivity index (χ0v) is 12.3. The van der Waals surface area contributed by atoms with Gasteiger partial charge >= 0.3 is 6.03 Å². The number of halogens is 1. The number of carbonyl (C=O) groups is 1. The molecule has 20 heavy (non-hydrogen) atoms. The number of likely N-dealkylation sites (tertiary alicyclic amines) is 1. The highest BCUT2D eigenvalue weighted by atomic mass is 19.1. The third kappa shape index (κ3) is 3.30. The molecule has 1 aliphatic rings. The van der Waals surface area contributed by atoms with Gasteiger partial charge in [-0.3, -0.25) is 0 Å². The predicted molar refractivity (Wildman–Crippen MR) is 78.0 cm³/mol. The van der Waals surface area contributed by atoms with Crippen LogP contribution < -0.4 is 0 Å². The fraction of sp³-hybridized carbons (Fsp3) is 0.562. The van der Waals surface area contributed by atoms with Gasteiger partial charge < -0.3 is 9.80 Å². The minimum atomic E-state index is -0.257. The third-order valence-electron chi connectivity index (χ3n) is 4.11. The van der Waals surface area contributed by atoms with E-state index in [4.69, 9.17) is 0 Å². The molecule has 0 spiro atoms. The van der Waals surface area contributed by atoms with E-state index < -0.39 is 0 Å². The smallest absolute Gasteiger partial charge is 0.320 e. The lowest BCUT2D eigenvalue weighted by molar-refractivity contribution is 0.150. The summed E-state index contributed by atoms with van der Waals surface area (Å²) < 4.78 is 13.8. The molecule has 3 nitrogen and oxygen atoms in total. The summed E-state index contributed by atoms with van der Waals surface area (Å²) in [5.41, 5.74) is 0.568. The molecule has 110 valence electrons. The first-order valence-electron chi connectivity index (χ1n) is 7.37. The minimum Gasteiger partial charge on any atom is -0.325 e. The van der Waals surface area contributed by atoms with Crippen molar-refractivity contribution >= 4 is 6.03 Å². The summed E-state index contributed by atoms with van der Waals surface area (Å²) in [6.45, 7) is 3.49. The molecule has 1 aromatic rings. The maximum Gasteiger partial charge on any atom is 0.320 e. The van der Waals surface area contributed by atoms with Crippen molar-refractivity contribution in [2.45, 2.75) is 38.6 Å². The van der Waals surface area contributed by atoms with Gasteiger partial charge in [0.1, 0.15) is 5.82 Å². The van der Waals surface area contributed by atoms with E-state index in [0.29, 0.717) is 5.56 Å². The Morgan fingerprint density at radius 3 is 2.40 bits per heavy atom. The molecule has 1 aliphatic heterocycles. The van der Waals surface area contributed by atoms with Crippen molar-refractivity contribution in [2.75, 3.05) is 20.1 Å². The van der Waals surface area contributed by atoms with E-state index in [1.165, 1.54) is 18.9 Å². The van der Waals surface area contributed by atoms with Gasteiger partial charge in [0.2, 0.25) is 0 Å². The molecule has 1 saturated heterocycles. The zero-order valence-electron chi connectivity index (χ0n) is 12.3. The number of hydrogen-bond acceptors (Lipinski definition) is 1. The Kier molecular flexibility index (Phi) is 4.99. The second-order valence-corrected chi connectivity index (χ2v) is 5.49. The van der Waals surface area contributed by atoms with Gasteiger partial charge in [-0.05, 0) is 25.8 Å². The van der Waals surface area contributed by atoms with Crippen LogP contribution in [-0.4, -0.2) is 36.0 Å². The molecule has 2 amide bonds. The van der Waals surface area contributed by atoms with Crippen molar-refractivity contribution in [3.05, 3.63) is 35.6 Å². The van der Waals surface area contributed by atoms with E-state index in [0.717, 1.165) is 25.9 Å². The number of benzene rings is 1. The number of amides is 2. The van der Waals surface area contributed by atoms with Gasteiger partial charge in [0.05, 0.1) is 6.04 Å². The van der Waals surface area contributed by atoms with Crippen LogP contribution in [0.1, 0.15) is 44.2 Å². The highest BCUT2D eigenvalue weighted by Gasteiger charge is 2.24. The van der Waals surface area contributed by atoms with Crippen LogP contribution in [0.3, 0.4) is 0 Å². The Bertz CT molecular complexity index is 456. The second kappa shape index (κ2) is 6.73. The molecular weight excluding hydrogens is 255 g/mol. The Hall–Kier alpha value is -1.58. The van der Waals surface area contributed by atoms with Crippen LogP contribution in [0, 0.1) is 5.82 Å². The Morgan fingerprint density at radius 2 is 1.80 bits per heavy atom. The average molecular weight is 278 g/mol. The van der Waals surface area contributed by atoms with Crippen molar-refractivity contribution in [1.29, 1.82) is 0 Å². The molecule has 1 atom stereocenters. The van der Waals surface area contributed by atoms with Gasteiger partial charge in [0, 0.05) is 25.7 Å². The predicted octanol–water partition coefficient (Wildman–Crippen LogP) is 3.81. The van der Waals surface area contributed by atoms with Crippen LogP contribution in [0.5, 0.6) is 0 Å². The average Bonchev–Trinajstić information content (AvgIpc) is 2.74. The van der Waals surface area contributed by atoms with Crippen molar-refractivity contribution < 1.29 is 9.18 Å². The van der Waals surface area contributed by atoms with Gasteiger partial charge in [-0.15, -0.1) is 0 Å². The summed E-state index contributed by atoms with van der Waals surface area (Å²) in [6, 6.07) is 6.40. The zero-order chi connectivity index (χ0) is 14.5. The molecule has 0 bridgehead atoms. The first-order chi connectivity index (χ1) is 9.61. The minimum absolute atomic E-state index is 0.00246. The number of nitrogens with zero attached hydrogens (tertiary/aromatic N) is 2. The highest BCUT2D eigenvalue weighted by Crippen LogP contribution is 2.23. The van der Waals surface area contributed by atoms with Gasteiger partial charge in [-0.25, -0.2) is 9.18 Å². The molecule has 1 fully saturated rings. The summed E-state index contributed by atoms with van der Waals surface area (Å²) >= 11 is 0. The van der Waals surface area contributed by atoms with Crippen LogP contribution in [0.15, 0.2) is 24.3 Å². The molecule has 0 saturated carbocycles. The SMILES string of the molecule is CC(c1ccccc1F)N(C)C(=O)N1CCCCCC1. The van der Waals surface area contributed by atoms with Crippen molar-refractivity contribution in [1.82, 2.24) is 9.80 Å². The molecule has 0 N–H and O–H groups in total. The third-order valence-corrected chi connectivity index (χ3v) is 4.11. The summed E-state index contributed by atoms with van der Waals surface area (Å²) in [5, 5.41) is 0. The molecule has 1 aromatic carbocycles. The summed E-state index contributed by atoms with van der Waals surface area (Å²) in [5.74, 6) is -0.254. The van der Waals surface area contributed by atoms with Gasteiger partial charge in [0.15, 0.2) is 0 Å². The summed E-state index contributed by atoms with van der Waals surface area (Å²) in [6.07, 6.45) is 4.51. The quantitative estimate of drug-likeness (QED) is 0.807. The van der Waals surface area contributed by atoms with E-state index in [9.17, 15) is 9.18 Å². The Morgan fingerprint density at radius 1 is 1.20 bits per heavy atom. The number of hydrogen-bond donors (Lipinski definition) is 0. The van der Waals surface area contributed by atoms with Gasteiger partial charge in [-0.1, -0.05) is 31.0 Å². The van der Waals surface area contributed by atoms with E-state index >= 15 is 0 Å². The Balaban J connectivity index is 2.07. The largest absolute Gasteiger partial charge is 0.325 e. The van der Waals surface area contributed by atoms with E-state index in [-0.39, 0.29) is 17.9 Å². The Labute approximate surface area is 120 Å². The van der Waals surface area contributed by atoms with Crippen LogP contribution in [-0.2, 0) is 0 Å². The first kappa shape index (κ1) is 14.8. The molecule has 1 unspecified atom stereocenters. The molecule has 0 radical (unpaired) electrons. The van der Waals surface area contributed by atoms with Crippen LogP contribution >= 0.6 is 0 Å². The standard InChI is InChI=1S/C16H23FN2O/c1-13(14-9-5-6-10-15(14)17)18(2)16(20)19-11-7-3-4-8-12-19/h5-6,9-10,13H,3-4,7-8,11-12H2,1-2H3. The lowest BCUT2D eigenvalue weighted by atomic mass is 10.1. The highest BCUT2D eigenvalue weighted by molar-refractivity contribution is 5.74. The molecule has 2 rings (SSSR count). The molecular formula is C16H23FN2O. The van der Waals surface area contributed by atoms with Gasteiger partial charge in [0.25, 0.3) is 0 Å². The number of urea groups is 1. The summed E-state index contributed by atoms with van der Waals surface area (Å²) in [7, 11) is 1.75. The monoisotopic (exact) mass is 278 g/mol. The lowest BCUT2D eigenvalue weighted by Crippen LogP contribution is -2.42. The number of carbonyl (C=O) groups excluding carboxylic acids is 1. The van der Waals surface area contributed by atoms with E-state index in [1.54, 1.807) is 30.1 Å². The topological polar surface area (TPSA) is 23.6 Å². The second-order valence-electron chi connectivity index (χ2n) is 5.49. The van der Waals surface area contributed by atoms with E-state index in [2.05, 4.69) is 0 Å². The molecule has 0 aliphatic carbocycles. The molecule has 1 heterocycles. The van der Waals surface area contributed by atoms with Crippen LogP contribution in [0.25, 0.3) is 0 Å². The molecule has 0 aromatic heterocycles.